The first-order chi connectivity index (χ1) is 12.2. The highest BCUT2D eigenvalue weighted by Gasteiger charge is 2.08. The zero-order valence-electron chi connectivity index (χ0n) is 13.5. The molecule has 0 spiro atoms. The van der Waals surface area contributed by atoms with Crippen LogP contribution in [0.4, 0.5) is 21.6 Å². The van der Waals surface area contributed by atoms with Gasteiger partial charge < -0.3 is 15.4 Å². The first kappa shape index (κ1) is 16.4. The lowest BCUT2D eigenvalue weighted by atomic mass is 10.2. The second kappa shape index (κ2) is 7.44. The standard InChI is InChI=1S/C19H16FN3O2/c1-25-15-6-4-5-13(11-15)19(24)23-18-10-9-14(12-21-18)22-17-8-3-2-7-16(17)20/h2-12,22H,1H3,(H,21,23,24). The van der Waals surface area contributed by atoms with Crippen LogP contribution in [0, 0.1) is 5.82 Å². The molecule has 0 atom stereocenters. The van der Waals surface area contributed by atoms with Crippen molar-refractivity contribution in [1.29, 1.82) is 0 Å². The second-order valence-corrected chi connectivity index (χ2v) is 5.22. The van der Waals surface area contributed by atoms with Crippen molar-refractivity contribution in [2.75, 3.05) is 17.7 Å². The van der Waals surface area contributed by atoms with E-state index in [0.717, 1.165) is 0 Å². The van der Waals surface area contributed by atoms with Gasteiger partial charge in [0, 0.05) is 5.56 Å². The Labute approximate surface area is 144 Å². The predicted octanol–water partition coefficient (Wildman–Crippen LogP) is 4.23. The number of methoxy groups -OCH3 is 1. The summed E-state index contributed by atoms with van der Waals surface area (Å²) in [5, 5.41) is 5.64. The largest absolute Gasteiger partial charge is 0.497 e. The smallest absolute Gasteiger partial charge is 0.256 e. The molecule has 5 nitrogen and oxygen atoms in total. The zero-order valence-corrected chi connectivity index (χ0v) is 13.5. The number of nitrogens with zero attached hydrogens (tertiary/aromatic N) is 1. The van der Waals surface area contributed by atoms with Crippen LogP contribution in [-0.4, -0.2) is 18.0 Å². The summed E-state index contributed by atoms with van der Waals surface area (Å²) in [7, 11) is 1.54. The third kappa shape index (κ3) is 4.11. The minimum Gasteiger partial charge on any atom is -0.497 e. The number of rotatable bonds is 5. The van der Waals surface area contributed by atoms with E-state index in [1.165, 1.54) is 12.3 Å². The van der Waals surface area contributed by atoms with Crippen LogP contribution in [0.2, 0.25) is 0 Å². The lowest BCUT2D eigenvalue weighted by Crippen LogP contribution is -2.13. The van der Waals surface area contributed by atoms with Gasteiger partial charge in [0.15, 0.2) is 0 Å². The van der Waals surface area contributed by atoms with Gasteiger partial charge in [0.1, 0.15) is 17.4 Å². The van der Waals surface area contributed by atoms with E-state index < -0.39 is 0 Å². The van der Waals surface area contributed by atoms with Crippen LogP contribution in [0.25, 0.3) is 0 Å². The van der Waals surface area contributed by atoms with Gasteiger partial charge in [0.05, 0.1) is 24.7 Å². The molecule has 0 radical (unpaired) electrons. The van der Waals surface area contributed by atoms with Crippen LogP contribution in [0.3, 0.4) is 0 Å². The van der Waals surface area contributed by atoms with E-state index in [-0.39, 0.29) is 11.7 Å². The molecule has 0 aliphatic carbocycles. The highest BCUT2D eigenvalue weighted by Crippen LogP contribution is 2.20. The number of halogens is 1. The normalized spacial score (nSPS) is 10.2. The first-order valence-corrected chi connectivity index (χ1v) is 7.59. The van der Waals surface area contributed by atoms with Crippen molar-refractivity contribution < 1.29 is 13.9 Å². The first-order valence-electron chi connectivity index (χ1n) is 7.59. The van der Waals surface area contributed by atoms with Crippen LogP contribution in [-0.2, 0) is 0 Å². The van der Waals surface area contributed by atoms with E-state index in [1.54, 1.807) is 61.7 Å². The molecular weight excluding hydrogens is 321 g/mol. The number of nitrogens with one attached hydrogen (secondary N) is 2. The van der Waals surface area contributed by atoms with Crippen molar-refractivity contribution in [3.63, 3.8) is 0 Å². The van der Waals surface area contributed by atoms with Crippen LogP contribution < -0.4 is 15.4 Å². The average molecular weight is 337 g/mol. The summed E-state index contributed by atoms with van der Waals surface area (Å²) in [4.78, 5) is 16.4. The van der Waals surface area contributed by atoms with E-state index in [4.69, 9.17) is 4.74 Å². The fourth-order valence-corrected chi connectivity index (χ4v) is 2.21. The molecule has 0 saturated heterocycles. The Bertz CT molecular complexity index is 882. The molecule has 0 aliphatic rings. The molecule has 1 aromatic heterocycles. The Morgan fingerprint density at radius 3 is 2.64 bits per heavy atom. The van der Waals surface area contributed by atoms with Crippen molar-refractivity contribution in [2.24, 2.45) is 0 Å². The average Bonchev–Trinajstić information content (AvgIpc) is 2.65. The van der Waals surface area contributed by atoms with Crippen molar-refractivity contribution >= 4 is 23.1 Å². The Kier molecular flexibility index (Phi) is 4.89. The maximum Gasteiger partial charge on any atom is 0.256 e. The van der Waals surface area contributed by atoms with Gasteiger partial charge in [-0.1, -0.05) is 18.2 Å². The summed E-state index contributed by atoms with van der Waals surface area (Å²) in [5.41, 5.74) is 1.44. The molecule has 0 unspecified atom stereocenters. The molecule has 25 heavy (non-hydrogen) atoms. The topological polar surface area (TPSA) is 63.2 Å². The molecule has 1 heterocycles. The molecular formula is C19H16FN3O2. The summed E-state index contributed by atoms with van der Waals surface area (Å²) in [6.07, 6.45) is 1.52. The maximum absolute atomic E-state index is 13.6. The third-order valence-corrected chi connectivity index (χ3v) is 3.49. The number of carbonyl (C=O) groups is 1. The quantitative estimate of drug-likeness (QED) is 0.731. The number of pyridine rings is 1. The zero-order chi connectivity index (χ0) is 17.6. The number of hydrogen-bond acceptors (Lipinski definition) is 4. The van der Waals surface area contributed by atoms with Crippen molar-refractivity contribution in [1.82, 2.24) is 4.98 Å². The fourth-order valence-electron chi connectivity index (χ4n) is 2.21. The molecule has 0 fully saturated rings. The molecule has 2 aromatic carbocycles. The summed E-state index contributed by atoms with van der Waals surface area (Å²) < 4.78 is 18.7. The van der Waals surface area contributed by atoms with Gasteiger partial charge in [-0.2, -0.15) is 0 Å². The minimum absolute atomic E-state index is 0.291. The van der Waals surface area contributed by atoms with Crippen LogP contribution in [0.1, 0.15) is 10.4 Å². The summed E-state index contributed by atoms with van der Waals surface area (Å²) in [6, 6.07) is 16.5. The van der Waals surface area contributed by atoms with E-state index in [1.807, 2.05) is 0 Å². The molecule has 2 N–H and O–H groups in total. The molecule has 0 bridgehead atoms. The molecule has 1 amide bonds. The molecule has 0 saturated carbocycles. The number of hydrogen-bond donors (Lipinski definition) is 2. The molecule has 0 aliphatic heterocycles. The van der Waals surface area contributed by atoms with Gasteiger partial charge in [-0.05, 0) is 42.5 Å². The van der Waals surface area contributed by atoms with Crippen LogP contribution in [0.15, 0.2) is 66.9 Å². The van der Waals surface area contributed by atoms with E-state index >= 15 is 0 Å². The van der Waals surface area contributed by atoms with E-state index in [9.17, 15) is 9.18 Å². The van der Waals surface area contributed by atoms with Crippen molar-refractivity contribution in [2.45, 2.75) is 0 Å². The Balaban J connectivity index is 1.68. The van der Waals surface area contributed by atoms with Crippen molar-refractivity contribution in [3.05, 3.63) is 78.2 Å². The van der Waals surface area contributed by atoms with Gasteiger partial charge in [-0.25, -0.2) is 9.37 Å². The number of carbonyl (C=O) groups excluding carboxylic acids is 1. The summed E-state index contributed by atoms with van der Waals surface area (Å²) in [6.45, 7) is 0. The third-order valence-electron chi connectivity index (χ3n) is 3.49. The molecule has 126 valence electrons. The Morgan fingerprint density at radius 1 is 1.08 bits per heavy atom. The summed E-state index contributed by atoms with van der Waals surface area (Å²) >= 11 is 0. The van der Waals surface area contributed by atoms with Gasteiger partial charge >= 0.3 is 0 Å². The minimum atomic E-state index is -0.349. The van der Waals surface area contributed by atoms with Gasteiger partial charge in [0.25, 0.3) is 5.91 Å². The molecule has 3 aromatic rings. The number of ether oxygens (including phenoxy) is 1. The van der Waals surface area contributed by atoms with Crippen molar-refractivity contribution in [3.8, 4) is 5.75 Å². The van der Waals surface area contributed by atoms with Gasteiger partial charge in [-0.3, -0.25) is 4.79 Å². The van der Waals surface area contributed by atoms with Crippen LogP contribution >= 0.6 is 0 Å². The highest BCUT2D eigenvalue weighted by molar-refractivity contribution is 6.04. The number of amides is 1. The Hall–Kier alpha value is -3.41. The van der Waals surface area contributed by atoms with E-state index in [0.29, 0.717) is 28.5 Å². The lowest BCUT2D eigenvalue weighted by Gasteiger charge is -2.09. The fraction of sp³-hybridized carbons (Fsp3) is 0.0526. The van der Waals surface area contributed by atoms with Crippen LogP contribution in [0.5, 0.6) is 5.75 Å². The van der Waals surface area contributed by atoms with Gasteiger partial charge in [0.2, 0.25) is 0 Å². The molecule has 3 rings (SSSR count). The number of para-hydroxylation sites is 1. The predicted molar refractivity (Wildman–Crippen MR) is 94.9 cm³/mol. The number of anilines is 3. The maximum atomic E-state index is 13.6. The summed E-state index contributed by atoms with van der Waals surface area (Å²) in [5.74, 6) is 0.357. The monoisotopic (exact) mass is 337 g/mol. The second-order valence-electron chi connectivity index (χ2n) is 5.22. The van der Waals surface area contributed by atoms with E-state index in [2.05, 4.69) is 15.6 Å². The Morgan fingerprint density at radius 2 is 1.92 bits per heavy atom. The highest BCUT2D eigenvalue weighted by atomic mass is 19.1. The number of benzene rings is 2. The van der Waals surface area contributed by atoms with Gasteiger partial charge in [-0.15, -0.1) is 0 Å². The SMILES string of the molecule is COc1cccc(C(=O)Nc2ccc(Nc3ccccc3F)cn2)c1. The lowest BCUT2D eigenvalue weighted by molar-refractivity contribution is 0.102. The molecule has 6 heteroatoms. The number of aromatic nitrogens is 1.